The van der Waals surface area contributed by atoms with E-state index in [0.717, 1.165) is 11.8 Å². The molecule has 106 valence electrons. The number of hydrogen-bond donors (Lipinski definition) is 0. The van der Waals surface area contributed by atoms with Gasteiger partial charge in [-0.25, -0.2) is 16.8 Å². The highest BCUT2D eigenvalue weighted by Gasteiger charge is 2.20. The number of carbonyl (C=O) groups excluding carboxylic acids is 1. The van der Waals surface area contributed by atoms with E-state index in [4.69, 9.17) is 0 Å². The molecule has 0 aliphatic rings. The van der Waals surface area contributed by atoms with E-state index in [9.17, 15) is 21.6 Å². The maximum atomic E-state index is 11.8. The molecule has 0 atom stereocenters. The van der Waals surface area contributed by atoms with Crippen molar-refractivity contribution in [3.8, 4) is 0 Å². The second kappa shape index (κ2) is 5.83. The topological polar surface area (TPSA) is 85.3 Å². The maximum absolute atomic E-state index is 11.8. The van der Waals surface area contributed by atoms with Gasteiger partial charge >= 0.3 is 0 Å². The van der Waals surface area contributed by atoms with Gasteiger partial charge < -0.3 is 0 Å². The lowest BCUT2D eigenvalue weighted by Crippen LogP contribution is -2.23. The lowest BCUT2D eigenvalue weighted by atomic mass is 10.1. The van der Waals surface area contributed by atoms with E-state index in [1.807, 2.05) is 0 Å². The molecule has 0 N–H and O–H groups in total. The summed E-state index contributed by atoms with van der Waals surface area (Å²) in [6, 6.07) is 6.62. The summed E-state index contributed by atoms with van der Waals surface area (Å²) in [6.45, 7) is 1.80. The number of hydrogen-bond acceptors (Lipinski definition) is 5. The summed E-state index contributed by atoms with van der Waals surface area (Å²) in [4.78, 5) is 11.8. The molecule has 0 heterocycles. The molecular weight excluding hydrogens is 288 g/mol. The van der Waals surface area contributed by atoms with Crippen molar-refractivity contribution >= 4 is 25.5 Å². The lowest BCUT2D eigenvalue weighted by Gasteiger charge is -2.04. The van der Waals surface area contributed by atoms with Crippen LogP contribution in [-0.2, 0) is 19.7 Å². The van der Waals surface area contributed by atoms with Gasteiger partial charge in [-0.3, -0.25) is 4.79 Å². The third-order valence-electron chi connectivity index (χ3n) is 2.46. The molecule has 0 amide bonds. The van der Waals surface area contributed by atoms with Gasteiger partial charge in [0.1, 0.15) is 15.6 Å². The number of sulfone groups is 2. The number of carbonyl (C=O) groups is 1. The summed E-state index contributed by atoms with van der Waals surface area (Å²) in [7, 11) is -7.06. The molecule has 0 aliphatic heterocycles. The Morgan fingerprint density at radius 2 is 1.74 bits per heavy atom. The summed E-state index contributed by atoms with van der Waals surface area (Å²) < 4.78 is 45.2. The van der Waals surface area contributed by atoms with Crippen LogP contribution < -0.4 is 0 Å². The molecule has 0 radical (unpaired) electrons. The van der Waals surface area contributed by atoms with Crippen molar-refractivity contribution in [3.63, 3.8) is 0 Å². The Morgan fingerprint density at radius 3 is 2.26 bits per heavy atom. The van der Waals surface area contributed by atoms with Gasteiger partial charge in [0.05, 0.1) is 11.5 Å². The van der Waals surface area contributed by atoms with Crippen molar-refractivity contribution in [2.45, 2.75) is 6.92 Å². The first-order chi connectivity index (χ1) is 8.59. The fourth-order valence-electron chi connectivity index (χ4n) is 1.45. The van der Waals surface area contributed by atoms with Gasteiger partial charge in [0.25, 0.3) is 0 Å². The van der Waals surface area contributed by atoms with E-state index in [2.05, 4.69) is 0 Å². The first-order valence-corrected chi connectivity index (χ1v) is 9.45. The molecule has 1 rings (SSSR count). The first-order valence-electron chi connectivity index (χ1n) is 5.57. The summed E-state index contributed by atoms with van der Waals surface area (Å²) in [5, 5.41) is 0. The third-order valence-corrected chi connectivity index (χ3v) is 5.19. The van der Waals surface area contributed by atoms with E-state index in [-0.39, 0.29) is 0 Å². The molecular formula is C12H16O5S2. The Hall–Kier alpha value is -1.21. The minimum absolute atomic E-state index is 0.322. The molecule has 0 unspecified atom stereocenters. The van der Waals surface area contributed by atoms with Gasteiger partial charge in [0.2, 0.25) is 0 Å². The number of ketones is 1. The molecule has 0 saturated heterocycles. The van der Waals surface area contributed by atoms with E-state index in [1.165, 1.54) is 0 Å². The Balaban J connectivity index is 2.76. The van der Waals surface area contributed by atoms with Gasteiger partial charge in [0, 0.05) is 11.8 Å². The van der Waals surface area contributed by atoms with Crippen LogP contribution in [0.4, 0.5) is 0 Å². The SMILES string of the molecule is Cc1cccc(C(=O)CS(=O)(=O)CCS(C)(=O)=O)c1. The molecule has 5 nitrogen and oxygen atoms in total. The minimum Gasteiger partial charge on any atom is -0.293 e. The molecule has 0 bridgehead atoms. The van der Waals surface area contributed by atoms with E-state index >= 15 is 0 Å². The van der Waals surface area contributed by atoms with Crippen LogP contribution >= 0.6 is 0 Å². The second-order valence-electron chi connectivity index (χ2n) is 4.51. The van der Waals surface area contributed by atoms with Crippen molar-refractivity contribution in [2.75, 3.05) is 23.5 Å². The predicted molar refractivity (Wildman–Crippen MR) is 73.9 cm³/mol. The summed E-state index contributed by atoms with van der Waals surface area (Å²) in [5.74, 6) is -2.16. The summed E-state index contributed by atoms with van der Waals surface area (Å²) in [6.07, 6.45) is 0.963. The van der Waals surface area contributed by atoms with Crippen molar-refractivity contribution in [2.24, 2.45) is 0 Å². The molecule has 0 aliphatic carbocycles. The van der Waals surface area contributed by atoms with Crippen LogP contribution in [0.15, 0.2) is 24.3 Å². The quantitative estimate of drug-likeness (QED) is 0.720. The molecule has 0 aromatic heterocycles. The Bertz CT molecular complexity index is 672. The van der Waals surface area contributed by atoms with Crippen molar-refractivity contribution in [1.82, 2.24) is 0 Å². The number of benzene rings is 1. The highest BCUT2D eigenvalue weighted by atomic mass is 32.2. The Labute approximate surface area is 113 Å². The van der Waals surface area contributed by atoms with Gasteiger partial charge in [-0.1, -0.05) is 23.8 Å². The molecule has 19 heavy (non-hydrogen) atoms. The van der Waals surface area contributed by atoms with Gasteiger partial charge in [0.15, 0.2) is 15.6 Å². The van der Waals surface area contributed by atoms with Crippen molar-refractivity contribution in [1.29, 1.82) is 0 Å². The summed E-state index contributed by atoms with van der Waals surface area (Å²) in [5.41, 5.74) is 1.18. The van der Waals surface area contributed by atoms with Gasteiger partial charge in [-0.05, 0) is 13.0 Å². The predicted octanol–water partition coefficient (Wildman–Crippen LogP) is 0.637. The highest BCUT2D eigenvalue weighted by molar-refractivity contribution is 7.95. The molecule has 0 saturated carbocycles. The molecule has 0 spiro atoms. The average molecular weight is 304 g/mol. The van der Waals surface area contributed by atoms with Crippen molar-refractivity contribution in [3.05, 3.63) is 35.4 Å². The zero-order valence-corrected chi connectivity index (χ0v) is 12.4. The Kier molecular flexibility index (Phi) is 4.86. The average Bonchev–Trinajstić information content (AvgIpc) is 2.25. The minimum atomic E-state index is -3.70. The van der Waals surface area contributed by atoms with Crippen LogP contribution in [0.5, 0.6) is 0 Å². The van der Waals surface area contributed by atoms with Crippen LogP contribution in [0.2, 0.25) is 0 Å². The number of Topliss-reactive ketones (excluding diaryl/α,β-unsaturated/α-hetero) is 1. The number of aryl methyl sites for hydroxylation is 1. The monoisotopic (exact) mass is 304 g/mol. The third kappa shape index (κ3) is 5.98. The van der Waals surface area contributed by atoms with E-state index < -0.39 is 42.7 Å². The van der Waals surface area contributed by atoms with Gasteiger partial charge in [-0.2, -0.15) is 0 Å². The molecule has 0 fully saturated rings. The lowest BCUT2D eigenvalue weighted by molar-refractivity contribution is 0.102. The zero-order valence-electron chi connectivity index (χ0n) is 10.8. The molecule has 1 aromatic rings. The maximum Gasteiger partial charge on any atom is 0.177 e. The smallest absolute Gasteiger partial charge is 0.177 e. The zero-order chi connectivity index (χ0) is 14.7. The molecule has 1 aromatic carbocycles. The Morgan fingerprint density at radius 1 is 1.11 bits per heavy atom. The standard InChI is InChI=1S/C12H16O5S2/c1-10-4-3-5-11(8-10)12(13)9-19(16,17)7-6-18(2,14)15/h3-5,8H,6-7,9H2,1-2H3. The van der Waals surface area contributed by atoms with Crippen LogP contribution in [0.25, 0.3) is 0 Å². The highest BCUT2D eigenvalue weighted by Crippen LogP contribution is 2.07. The van der Waals surface area contributed by atoms with E-state index in [1.54, 1.807) is 31.2 Å². The fourth-order valence-corrected chi connectivity index (χ4v) is 4.39. The van der Waals surface area contributed by atoms with Crippen LogP contribution in [0.3, 0.4) is 0 Å². The molecule has 7 heteroatoms. The second-order valence-corrected chi connectivity index (χ2v) is 8.96. The van der Waals surface area contributed by atoms with Gasteiger partial charge in [-0.15, -0.1) is 0 Å². The first kappa shape index (κ1) is 15.8. The van der Waals surface area contributed by atoms with Crippen LogP contribution in [-0.4, -0.2) is 46.1 Å². The van der Waals surface area contributed by atoms with Crippen molar-refractivity contribution < 1.29 is 21.6 Å². The van der Waals surface area contributed by atoms with Crippen LogP contribution in [0.1, 0.15) is 15.9 Å². The largest absolute Gasteiger partial charge is 0.293 e. The normalized spacial score (nSPS) is 12.3. The number of rotatable bonds is 6. The van der Waals surface area contributed by atoms with Crippen LogP contribution in [0, 0.1) is 6.92 Å². The fraction of sp³-hybridized carbons (Fsp3) is 0.417. The van der Waals surface area contributed by atoms with E-state index in [0.29, 0.717) is 5.56 Å². The summed E-state index contributed by atoms with van der Waals surface area (Å²) >= 11 is 0.